The van der Waals surface area contributed by atoms with Gasteiger partial charge in [-0.2, -0.15) is 0 Å². The summed E-state index contributed by atoms with van der Waals surface area (Å²) in [6.07, 6.45) is 0.305. The number of para-hydroxylation sites is 1. The third-order valence-electron chi connectivity index (χ3n) is 5.26. The highest BCUT2D eigenvalue weighted by Crippen LogP contribution is 2.29. The molecular weight excluding hydrogens is 411 g/mol. The molecule has 1 aliphatic rings. The van der Waals surface area contributed by atoms with Crippen LogP contribution in [0.3, 0.4) is 0 Å². The van der Waals surface area contributed by atoms with Crippen LogP contribution in [0.2, 0.25) is 0 Å². The number of anilines is 1. The number of amides is 3. The number of aromatic nitrogens is 1. The van der Waals surface area contributed by atoms with Crippen molar-refractivity contribution in [3.8, 4) is 0 Å². The highest BCUT2D eigenvalue weighted by atomic mass is 32.1. The van der Waals surface area contributed by atoms with Gasteiger partial charge in [0.1, 0.15) is 6.04 Å². The van der Waals surface area contributed by atoms with Gasteiger partial charge in [0, 0.05) is 6.54 Å². The van der Waals surface area contributed by atoms with Crippen molar-refractivity contribution in [2.24, 2.45) is 5.92 Å². The molecule has 8 nitrogen and oxygen atoms in total. The number of hydrogen-bond acceptors (Lipinski definition) is 6. The zero-order valence-corrected chi connectivity index (χ0v) is 17.5. The monoisotopic (exact) mass is 436 g/mol. The van der Waals surface area contributed by atoms with Gasteiger partial charge in [-0.3, -0.25) is 19.6 Å². The first-order valence-corrected chi connectivity index (χ1v) is 10.8. The summed E-state index contributed by atoms with van der Waals surface area (Å²) in [5.41, 5.74) is 2.05. The minimum Gasteiger partial charge on any atom is -0.330 e. The summed E-state index contributed by atoms with van der Waals surface area (Å²) < 4.78 is 15.5. The minimum absolute atomic E-state index is 0.159. The number of hydrogen-bond donors (Lipinski definition) is 3. The molecule has 3 rings (SSSR count). The molecule has 1 aromatic carbocycles. The summed E-state index contributed by atoms with van der Waals surface area (Å²) in [6.45, 7) is 2.21. The molecular formula is C20H25FN4O4S. The van der Waals surface area contributed by atoms with E-state index in [9.17, 15) is 18.8 Å². The number of nitrogens with one attached hydrogen (secondary N) is 2. The van der Waals surface area contributed by atoms with Crippen molar-refractivity contribution in [1.82, 2.24) is 15.4 Å². The molecule has 0 radical (unpaired) electrons. The highest BCUT2D eigenvalue weighted by molar-refractivity contribution is 7.22. The van der Waals surface area contributed by atoms with Crippen LogP contribution in [0.4, 0.5) is 9.52 Å². The number of rotatable bonds is 8. The summed E-state index contributed by atoms with van der Waals surface area (Å²) in [7, 11) is 0. The van der Waals surface area contributed by atoms with E-state index in [0.29, 0.717) is 30.9 Å². The summed E-state index contributed by atoms with van der Waals surface area (Å²) in [5.74, 6) is -3.45. The number of likely N-dealkylation sites (tertiary alicyclic amines) is 1. The number of thiazole rings is 1. The molecule has 30 heavy (non-hydrogen) atoms. The average molecular weight is 437 g/mol. The van der Waals surface area contributed by atoms with Crippen molar-refractivity contribution in [2.45, 2.75) is 51.2 Å². The molecule has 3 amide bonds. The van der Waals surface area contributed by atoms with E-state index in [-0.39, 0.29) is 12.3 Å². The van der Waals surface area contributed by atoms with Gasteiger partial charge in [0.05, 0.1) is 16.1 Å². The standard InChI is InChI=1S/C20H25FN4O4S/c1-2-3-7-12(16(21)18(27)24-29)19(28)25-11-6-9-14(25)17(26)23-20-22-13-8-4-5-10-15(13)30-20/h4-5,8,10,12,14,16,29H,2-3,6-7,9,11H2,1H3,(H,24,27)(H,22,23,26). The van der Waals surface area contributed by atoms with Gasteiger partial charge >= 0.3 is 0 Å². The number of benzene rings is 1. The van der Waals surface area contributed by atoms with E-state index in [1.165, 1.54) is 21.7 Å². The zero-order chi connectivity index (χ0) is 21.7. The van der Waals surface area contributed by atoms with Crippen LogP contribution in [0, 0.1) is 5.92 Å². The lowest BCUT2D eigenvalue weighted by Crippen LogP contribution is -2.49. The van der Waals surface area contributed by atoms with Gasteiger partial charge in [-0.05, 0) is 31.4 Å². The fourth-order valence-corrected chi connectivity index (χ4v) is 4.56. The molecule has 0 spiro atoms. The number of carbonyl (C=O) groups excluding carboxylic acids is 3. The minimum atomic E-state index is -2.18. The Bertz CT molecular complexity index is 888. The number of alkyl halides is 1. The number of halogens is 1. The maximum atomic E-state index is 14.6. The lowest BCUT2D eigenvalue weighted by molar-refractivity contribution is -0.148. The second-order valence-corrected chi connectivity index (χ2v) is 8.32. The number of carbonyl (C=O) groups is 3. The Morgan fingerprint density at radius 3 is 2.83 bits per heavy atom. The SMILES string of the molecule is CCCCC(C(=O)N1CCCC1C(=O)Nc1nc2ccccc2s1)C(F)C(=O)NO. The molecule has 3 atom stereocenters. The largest absolute Gasteiger partial charge is 0.330 e. The van der Waals surface area contributed by atoms with Crippen LogP contribution in [-0.4, -0.2) is 51.6 Å². The van der Waals surface area contributed by atoms with E-state index < -0.39 is 29.9 Å². The molecule has 162 valence electrons. The predicted octanol–water partition coefficient (Wildman–Crippen LogP) is 2.88. The molecule has 0 saturated carbocycles. The average Bonchev–Trinajstić information content (AvgIpc) is 3.39. The molecule has 0 bridgehead atoms. The number of nitrogens with zero attached hydrogens (tertiary/aromatic N) is 2. The van der Waals surface area contributed by atoms with E-state index in [1.54, 1.807) is 0 Å². The van der Waals surface area contributed by atoms with Gasteiger partial charge in [-0.25, -0.2) is 14.9 Å². The van der Waals surface area contributed by atoms with E-state index in [2.05, 4.69) is 10.3 Å². The molecule has 10 heteroatoms. The first kappa shape index (κ1) is 22.1. The van der Waals surface area contributed by atoms with Crippen LogP contribution in [0.25, 0.3) is 10.2 Å². The predicted molar refractivity (Wildman–Crippen MR) is 111 cm³/mol. The third kappa shape index (κ3) is 4.76. The zero-order valence-electron chi connectivity index (χ0n) is 16.6. The summed E-state index contributed by atoms with van der Waals surface area (Å²) >= 11 is 1.34. The van der Waals surface area contributed by atoms with Crippen LogP contribution in [0.1, 0.15) is 39.0 Å². The number of fused-ring (bicyclic) bond motifs is 1. The van der Waals surface area contributed by atoms with Crippen LogP contribution in [-0.2, 0) is 14.4 Å². The van der Waals surface area contributed by atoms with Crippen molar-refractivity contribution in [1.29, 1.82) is 0 Å². The molecule has 3 N–H and O–H groups in total. The highest BCUT2D eigenvalue weighted by Gasteiger charge is 2.41. The normalized spacial score (nSPS) is 18.2. The fourth-order valence-electron chi connectivity index (χ4n) is 3.69. The lowest BCUT2D eigenvalue weighted by Gasteiger charge is -2.29. The molecule has 2 aromatic rings. The van der Waals surface area contributed by atoms with Crippen LogP contribution in [0.15, 0.2) is 24.3 Å². The number of hydroxylamine groups is 1. The van der Waals surface area contributed by atoms with Gasteiger partial charge in [-0.15, -0.1) is 0 Å². The maximum absolute atomic E-state index is 14.6. The molecule has 1 aliphatic heterocycles. The second kappa shape index (κ2) is 9.94. The molecule has 3 unspecified atom stereocenters. The lowest BCUT2D eigenvalue weighted by atomic mass is 9.94. The Kier molecular flexibility index (Phi) is 7.33. The summed E-state index contributed by atoms with van der Waals surface area (Å²) in [5, 5.41) is 12.0. The Labute approximate surface area is 177 Å². The topological polar surface area (TPSA) is 112 Å². The third-order valence-corrected chi connectivity index (χ3v) is 6.21. The first-order chi connectivity index (χ1) is 14.5. The van der Waals surface area contributed by atoms with Crippen molar-refractivity contribution in [2.75, 3.05) is 11.9 Å². The van der Waals surface area contributed by atoms with Gasteiger partial charge < -0.3 is 10.2 Å². The van der Waals surface area contributed by atoms with Gasteiger partial charge in [0.15, 0.2) is 11.3 Å². The van der Waals surface area contributed by atoms with Crippen molar-refractivity contribution in [3.05, 3.63) is 24.3 Å². The maximum Gasteiger partial charge on any atom is 0.278 e. The Morgan fingerprint density at radius 2 is 2.13 bits per heavy atom. The summed E-state index contributed by atoms with van der Waals surface area (Å²) in [6, 6.07) is 6.74. The van der Waals surface area contributed by atoms with Gasteiger partial charge in [-0.1, -0.05) is 43.2 Å². The van der Waals surface area contributed by atoms with Crippen molar-refractivity contribution in [3.63, 3.8) is 0 Å². The molecule has 1 fully saturated rings. The Balaban J connectivity index is 1.74. The van der Waals surface area contributed by atoms with E-state index in [1.807, 2.05) is 31.2 Å². The van der Waals surface area contributed by atoms with E-state index in [4.69, 9.17) is 5.21 Å². The Hall–Kier alpha value is -2.59. The van der Waals surface area contributed by atoms with Gasteiger partial charge in [0.2, 0.25) is 11.8 Å². The first-order valence-electron chi connectivity index (χ1n) is 10.0. The molecule has 1 saturated heterocycles. The Morgan fingerprint density at radius 1 is 1.37 bits per heavy atom. The van der Waals surface area contributed by atoms with Crippen LogP contribution in [0.5, 0.6) is 0 Å². The fraction of sp³-hybridized carbons (Fsp3) is 0.500. The van der Waals surface area contributed by atoms with Crippen molar-refractivity contribution < 1.29 is 24.0 Å². The second-order valence-electron chi connectivity index (χ2n) is 7.29. The van der Waals surface area contributed by atoms with Crippen LogP contribution < -0.4 is 10.8 Å². The molecule has 1 aromatic heterocycles. The molecule has 0 aliphatic carbocycles. The van der Waals surface area contributed by atoms with Crippen LogP contribution >= 0.6 is 11.3 Å². The van der Waals surface area contributed by atoms with Gasteiger partial charge in [0.25, 0.3) is 5.91 Å². The van der Waals surface area contributed by atoms with Crippen molar-refractivity contribution >= 4 is 44.4 Å². The van der Waals surface area contributed by atoms with E-state index >= 15 is 0 Å². The summed E-state index contributed by atoms with van der Waals surface area (Å²) in [4.78, 5) is 43.2. The smallest absolute Gasteiger partial charge is 0.278 e. The quantitative estimate of drug-likeness (QED) is 0.435. The molecule has 2 heterocycles. The number of unbranched alkanes of at least 4 members (excludes halogenated alkanes) is 1. The van der Waals surface area contributed by atoms with E-state index in [0.717, 1.165) is 16.6 Å².